The molecule has 0 unspecified atom stereocenters. The molecule has 0 aliphatic carbocycles. The molecule has 0 spiro atoms. The van der Waals surface area contributed by atoms with E-state index in [9.17, 15) is 18.0 Å². The number of carbonyl (C=O) groups excluding carboxylic acids is 1. The lowest BCUT2D eigenvalue weighted by molar-refractivity contribution is -0.137. The highest BCUT2D eigenvalue weighted by atomic mass is 19.4. The number of benzene rings is 1. The van der Waals surface area contributed by atoms with E-state index < -0.39 is 11.7 Å². The highest BCUT2D eigenvalue weighted by molar-refractivity contribution is 5.94. The molecule has 2 aliphatic rings. The second kappa shape index (κ2) is 7.11. The minimum atomic E-state index is -4.39. The molecule has 132 valence electrons. The quantitative estimate of drug-likeness (QED) is 0.918. The van der Waals surface area contributed by atoms with E-state index in [1.165, 1.54) is 12.1 Å². The van der Waals surface area contributed by atoms with E-state index >= 15 is 0 Å². The molecule has 2 aliphatic heterocycles. The zero-order valence-corrected chi connectivity index (χ0v) is 13.3. The largest absolute Gasteiger partial charge is 0.416 e. The van der Waals surface area contributed by atoms with Crippen LogP contribution in [-0.4, -0.2) is 49.2 Å². The Morgan fingerprint density at radius 3 is 2.58 bits per heavy atom. The first kappa shape index (κ1) is 17.2. The number of amides is 1. The van der Waals surface area contributed by atoms with E-state index in [1.54, 1.807) is 0 Å². The first-order valence-corrected chi connectivity index (χ1v) is 8.23. The van der Waals surface area contributed by atoms with Crippen molar-refractivity contribution in [2.45, 2.75) is 37.5 Å². The fourth-order valence-corrected chi connectivity index (χ4v) is 3.35. The molecule has 0 bridgehead atoms. The molecule has 0 aromatic heterocycles. The van der Waals surface area contributed by atoms with E-state index in [1.807, 2.05) is 0 Å². The number of halogens is 3. The van der Waals surface area contributed by atoms with E-state index in [2.05, 4.69) is 10.2 Å². The summed E-state index contributed by atoms with van der Waals surface area (Å²) in [6.45, 7) is 3.28. The normalized spacial score (nSPS) is 25.6. The van der Waals surface area contributed by atoms with E-state index in [0.29, 0.717) is 6.04 Å². The van der Waals surface area contributed by atoms with Crippen molar-refractivity contribution in [1.29, 1.82) is 0 Å². The minimum Gasteiger partial charge on any atom is -0.380 e. The topological polar surface area (TPSA) is 41.6 Å². The fourth-order valence-electron chi connectivity index (χ4n) is 3.35. The van der Waals surface area contributed by atoms with Gasteiger partial charge in [-0.25, -0.2) is 0 Å². The number of nitrogens with one attached hydrogen (secondary N) is 1. The average Bonchev–Trinajstić information content (AvgIpc) is 3.09. The molecule has 2 atom stereocenters. The van der Waals surface area contributed by atoms with Crippen LogP contribution in [0.2, 0.25) is 0 Å². The third-order valence-corrected chi connectivity index (χ3v) is 4.68. The fraction of sp³-hybridized carbons (Fsp3) is 0.588. The number of ether oxygens (including phenoxy) is 1. The molecule has 2 saturated heterocycles. The Labute approximate surface area is 139 Å². The highest BCUT2D eigenvalue weighted by Gasteiger charge is 2.31. The molecule has 2 fully saturated rings. The summed E-state index contributed by atoms with van der Waals surface area (Å²) < 4.78 is 43.1. The number of piperidine rings is 1. The summed E-state index contributed by atoms with van der Waals surface area (Å²) in [5.41, 5.74) is -0.492. The Bertz CT molecular complexity index is 568. The van der Waals surface area contributed by atoms with Crippen molar-refractivity contribution in [3.8, 4) is 0 Å². The molecule has 7 heteroatoms. The highest BCUT2D eigenvalue weighted by Crippen LogP contribution is 2.29. The second-order valence-corrected chi connectivity index (χ2v) is 6.40. The number of hydrogen-bond acceptors (Lipinski definition) is 3. The van der Waals surface area contributed by atoms with Crippen molar-refractivity contribution >= 4 is 5.91 Å². The first-order chi connectivity index (χ1) is 11.4. The SMILES string of the molecule is O=C(N[C@H]1CCCN([C@@H]2CCOC2)C1)c1ccc(C(F)(F)F)cc1. The maximum Gasteiger partial charge on any atom is 0.416 e. The summed E-state index contributed by atoms with van der Waals surface area (Å²) in [4.78, 5) is 14.6. The molecule has 0 radical (unpaired) electrons. The Morgan fingerprint density at radius 2 is 1.96 bits per heavy atom. The number of alkyl halides is 3. The van der Waals surface area contributed by atoms with Crippen molar-refractivity contribution in [2.75, 3.05) is 26.3 Å². The van der Waals surface area contributed by atoms with Gasteiger partial charge in [0.05, 0.1) is 12.2 Å². The zero-order valence-electron chi connectivity index (χ0n) is 13.3. The number of rotatable bonds is 3. The van der Waals surface area contributed by atoms with Crippen LogP contribution in [0.15, 0.2) is 24.3 Å². The van der Waals surface area contributed by atoms with Gasteiger partial charge in [0.2, 0.25) is 0 Å². The minimum absolute atomic E-state index is 0.0224. The third kappa shape index (κ3) is 4.08. The van der Waals surface area contributed by atoms with E-state index in [-0.39, 0.29) is 17.5 Å². The number of hydrogen-bond donors (Lipinski definition) is 1. The van der Waals surface area contributed by atoms with Crippen molar-refractivity contribution in [3.63, 3.8) is 0 Å². The standard InChI is InChI=1S/C17H21F3N2O2/c18-17(19,20)13-5-3-12(4-6-13)16(23)21-14-2-1-8-22(10-14)15-7-9-24-11-15/h3-6,14-15H,1-2,7-11H2,(H,21,23)/t14-,15+/m0/s1. The van der Waals surface area contributed by atoms with Gasteiger partial charge in [-0.2, -0.15) is 13.2 Å². The van der Waals surface area contributed by atoms with Crippen LogP contribution in [0.25, 0.3) is 0 Å². The summed E-state index contributed by atoms with van der Waals surface area (Å²) in [5.74, 6) is -0.321. The molecular weight excluding hydrogens is 321 g/mol. The summed E-state index contributed by atoms with van der Waals surface area (Å²) in [7, 11) is 0. The Balaban J connectivity index is 1.57. The van der Waals surface area contributed by atoms with Crippen molar-refractivity contribution in [2.24, 2.45) is 0 Å². The summed E-state index contributed by atoms with van der Waals surface area (Å²) in [5, 5.41) is 2.94. The summed E-state index contributed by atoms with van der Waals surface area (Å²) >= 11 is 0. The van der Waals surface area contributed by atoms with Crippen LogP contribution in [0.5, 0.6) is 0 Å². The van der Waals surface area contributed by atoms with Crippen LogP contribution in [0.1, 0.15) is 35.2 Å². The third-order valence-electron chi connectivity index (χ3n) is 4.68. The average molecular weight is 342 g/mol. The summed E-state index contributed by atoms with van der Waals surface area (Å²) in [6.07, 6.45) is -1.49. The predicted molar refractivity (Wildman–Crippen MR) is 82.7 cm³/mol. The predicted octanol–water partition coefficient (Wildman–Crippen LogP) is 2.69. The number of carbonyl (C=O) groups is 1. The lowest BCUT2D eigenvalue weighted by Crippen LogP contribution is -2.51. The maximum absolute atomic E-state index is 12.6. The van der Waals surface area contributed by atoms with Gasteiger partial charge in [0, 0.05) is 30.8 Å². The first-order valence-electron chi connectivity index (χ1n) is 8.23. The lowest BCUT2D eigenvalue weighted by Gasteiger charge is -2.36. The monoisotopic (exact) mass is 342 g/mol. The second-order valence-electron chi connectivity index (χ2n) is 6.40. The van der Waals surface area contributed by atoms with Crippen molar-refractivity contribution < 1.29 is 22.7 Å². The van der Waals surface area contributed by atoms with Crippen LogP contribution in [-0.2, 0) is 10.9 Å². The van der Waals surface area contributed by atoms with Gasteiger partial charge in [-0.05, 0) is 50.1 Å². The zero-order chi connectivity index (χ0) is 17.2. The Hall–Kier alpha value is -1.60. The van der Waals surface area contributed by atoms with Crippen LogP contribution in [0, 0.1) is 0 Å². The van der Waals surface area contributed by atoms with Crippen LogP contribution in [0.4, 0.5) is 13.2 Å². The number of likely N-dealkylation sites (tertiary alicyclic amines) is 1. The van der Waals surface area contributed by atoms with Crippen molar-refractivity contribution in [1.82, 2.24) is 10.2 Å². The van der Waals surface area contributed by atoms with Gasteiger partial charge in [-0.3, -0.25) is 9.69 Å². The Morgan fingerprint density at radius 1 is 1.21 bits per heavy atom. The van der Waals surface area contributed by atoms with Gasteiger partial charge in [0.25, 0.3) is 5.91 Å². The molecule has 1 amide bonds. The maximum atomic E-state index is 12.6. The van der Waals surface area contributed by atoms with Crippen LogP contribution in [0.3, 0.4) is 0 Å². The van der Waals surface area contributed by atoms with Gasteiger partial charge in [-0.1, -0.05) is 0 Å². The molecule has 1 N–H and O–H groups in total. The molecular formula is C17H21F3N2O2. The molecule has 2 heterocycles. The van der Waals surface area contributed by atoms with Gasteiger partial charge < -0.3 is 10.1 Å². The van der Waals surface area contributed by atoms with Crippen LogP contribution >= 0.6 is 0 Å². The number of nitrogens with zero attached hydrogens (tertiary/aromatic N) is 1. The van der Waals surface area contributed by atoms with Crippen molar-refractivity contribution in [3.05, 3.63) is 35.4 Å². The van der Waals surface area contributed by atoms with Gasteiger partial charge in [0.1, 0.15) is 0 Å². The molecule has 3 rings (SSSR count). The van der Waals surface area contributed by atoms with Crippen LogP contribution < -0.4 is 5.32 Å². The van der Waals surface area contributed by atoms with E-state index in [4.69, 9.17) is 4.74 Å². The lowest BCUT2D eigenvalue weighted by atomic mass is 10.0. The molecule has 4 nitrogen and oxygen atoms in total. The smallest absolute Gasteiger partial charge is 0.380 e. The molecule has 0 saturated carbocycles. The van der Waals surface area contributed by atoms with Gasteiger partial charge in [0.15, 0.2) is 0 Å². The molecule has 24 heavy (non-hydrogen) atoms. The van der Waals surface area contributed by atoms with Gasteiger partial charge in [-0.15, -0.1) is 0 Å². The Kier molecular flexibility index (Phi) is 5.10. The molecule has 1 aromatic carbocycles. The molecule has 1 aromatic rings. The van der Waals surface area contributed by atoms with Gasteiger partial charge >= 0.3 is 6.18 Å². The summed E-state index contributed by atoms with van der Waals surface area (Å²) in [6, 6.07) is 4.77. The van der Waals surface area contributed by atoms with E-state index in [0.717, 1.165) is 57.7 Å².